The second-order valence-corrected chi connectivity index (χ2v) is 4.09. The van der Waals surface area contributed by atoms with Crippen molar-refractivity contribution in [3.63, 3.8) is 0 Å². The molecule has 7 heteroatoms. The zero-order valence-electron chi connectivity index (χ0n) is 8.75. The molecule has 17 heavy (non-hydrogen) atoms. The number of rotatable bonds is 6. The maximum atomic E-state index is 11.6. The number of amides is 1. The molecule has 1 unspecified atom stereocenters. The van der Waals surface area contributed by atoms with Gasteiger partial charge in [-0.3, -0.25) is 9.59 Å². The van der Waals surface area contributed by atoms with E-state index in [4.69, 9.17) is 10.2 Å². The van der Waals surface area contributed by atoms with Gasteiger partial charge in [-0.15, -0.1) is 0 Å². The molecular formula is C10H11NO5S. The van der Waals surface area contributed by atoms with Gasteiger partial charge in [0.25, 0.3) is 5.91 Å². The van der Waals surface area contributed by atoms with Gasteiger partial charge >= 0.3 is 11.9 Å². The lowest BCUT2D eigenvalue weighted by molar-refractivity contribution is -0.140. The zero-order valence-corrected chi connectivity index (χ0v) is 9.57. The Morgan fingerprint density at radius 1 is 1.35 bits per heavy atom. The second-order valence-electron chi connectivity index (χ2n) is 3.31. The van der Waals surface area contributed by atoms with Gasteiger partial charge in [0.15, 0.2) is 0 Å². The van der Waals surface area contributed by atoms with Gasteiger partial charge in [-0.05, 0) is 17.9 Å². The molecule has 6 nitrogen and oxygen atoms in total. The zero-order chi connectivity index (χ0) is 12.8. The van der Waals surface area contributed by atoms with Crippen molar-refractivity contribution in [3.05, 3.63) is 22.4 Å². The molecule has 0 aliphatic carbocycles. The number of thiophene rings is 1. The van der Waals surface area contributed by atoms with E-state index in [1.165, 1.54) is 11.3 Å². The highest BCUT2D eigenvalue weighted by Crippen LogP contribution is 2.07. The van der Waals surface area contributed by atoms with Crippen LogP contribution in [-0.4, -0.2) is 34.1 Å². The van der Waals surface area contributed by atoms with E-state index in [0.717, 1.165) is 0 Å². The SMILES string of the molecule is O=C(O)CCC(NC(=O)c1ccsc1)C(=O)O. The van der Waals surface area contributed by atoms with Gasteiger partial charge in [0.2, 0.25) is 0 Å². The summed E-state index contributed by atoms with van der Waals surface area (Å²) in [4.78, 5) is 32.7. The summed E-state index contributed by atoms with van der Waals surface area (Å²) < 4.78 is 0. The van der Waals surface area contributed by atoms with Gasteiger partial charge in [0.1, 0.15) is 6.04 Å². The summed E-state index contributed by atoms with van der Waals surface area (Å²) in [5.41, 5.74) is 0.372. The molecule has 0 aliphatic rings. The molecule has 1 aromatic heterocycles. The van der Waals surface area contributed by atoms with Crippen LogP contribution in [0.1, 0.15) is 23.2 Å². The van der Waals surface area contributed by atoms with Gasteiger partial charge < -0.3 is 15.5 Å². The Morgan fingerprint density at radius 2 is 2.06 bits per heavy atom. The fourth-order valence-corrected chi connectivity index (χ4v) is 1.80. The summed E-state index contributed by atoms with van der Waals surface area (Å²) in [5, 5.41) is 22.8. The van der Waals surface area contributed by atoms with Crippen LogP contribution >= 0.6 is 11.3 Å². The van der Waals surface area contributed by atoms with Crippen LogP contribution in [0.15, 0.2) is 16.8 Å². The number of aliphatic carboxylic acids is 2. The first-order chi connectivity index (χ1) is 8.00. The van der Waals surface area contributed by atoms with Crippen LogP contribution in [0.5, 0.6) is 0 Å². The lowest BCUT2D eigenvalue weighted by Crippen LogP contribution is -2.40. The van der Waals surface area contributed by atoms with Gasteiger partial charge in [0, 0.05) is 11.8 Å². The Morgan fingerprint density at radius 3 is 2.53 bits per heavy atom. The van der Waals surface area contributed by atoms with Gasteiger partial charge in [-0.1, -0.05) is 0 Å². The summed E-state index contributed by atoms with van der Waals surface area (Å²) in [7, 11) is 0. The Labute approximate surface area is 101 Å². The molecule has 92 valence electrons. The van der Waals surface area contributed by atoms with Crippen molar-refractivity contribution < 1.29 is 24.6 Å². The van der Waals surface area contributed by atoms with Gasteiger partial charge in [-0.2, -0.15) is 11.3 Å². The first-order valence-corrected chi connectivity index (χ1v) is 5.72. The maximum Gasteiger partial charge on any atom is 0.326 e. The molecule has 0 saturated carbocycles. The van der Waals surface area contributed by atoms with Crippen LogP contribution in [0.4, 0.5) is 0 Å². The number of carbonyl (C=O) groups excluding carboxylic acids is 1. The largest absolute Gasteiger partial charge is 0.481 e. The van der Waals surface area contributed by atoms with E-state index in [-0.39, 0.29) is 12.8 Å². The molecule has 1 amide bonds. The molecule has 0 fully saturated rings. The summed E-state index contributed by atoms with van der Waals surface area (Å²) in [6.45, 7) is 0. The van der Waals surface area contributed by atoms with Crippen LogP contribution in [0, 0.1) is 0 Å². The molecule has 0 spiro atoms. The van der Waals surface area contributed by atoms with Crippen molar-refractivity contribution in [3.8, 4) is 0 Å². The van der Waals surface area contributed by atoms with Crippen molar-refractivity contribution in [2.75, 3.05) is 0 Å². The molecule has 3 N–H and O–H groups in total. The van der Waals surface area contributed by atoms with Crippen LogP contribution < -0.4 is 5.32 Å². The van der Waals surface area contributed by atoms with Crippen molar-refractivity contribution in [1.82, 2.24) is 5.32 Å². The maximum absolute atomic E-state index is 11.6. The summed E-state index contributed by atoms with van der Waals surface area (Å²) in [5.74, 6) is -2.85. The highest BCUT2D eigenvalue weighted by Gasteiger charge is 2.21. The molecule has 0 aliphatic heterocycles. The highest BCUT2D eigenvalue weighted by molar-refractivity contribution is 7.08. The molecule has 0 aromatic carbocycles. The van der Waals surface area contributed by atoms with Gasteiger partial charge in [-0.25, -0.2) is 4.79 Å². The Balaban J connectivity index is 2.58. The standard InChI is InChI=1S/C10H11NO5S/c12-8(13)2-1-7(10(15)16)11-9(14)6-3-4-17-5-6/h3-5,7H,1-2H2,(H,11,14)(H,12,13)(H,15,16). The highest BCUT2D eigenvalue weighted by atomic mass is 32.1. The van der Waals surface area contributed by atoms with Crippen molar-refractivity contribution in [2.24, 2.45) is 0 Å². The predicted molar refractivity (Wildman–Crippen MR) is 60.1 cm³/mol. The molecule has 1 rings (SSSR count). The predicted octanol–water partition coefficient (Wildman–Crippen LogP) is 0.796. The van der Waals surface area contributed by atoms with E-state index in [0.29, 0.717) is 5.56 Å². The number of hydrogen-bond donors (Lipinski definition) is 3. The third kappa shape index (κ3) is 4.23. The fourth-order valence-electron chi connectivity index (χ4n) is 1.16. The van der Waals surface area contributed by atoms with Crippen LogP contribution in [0.2, 0.25) is 0 Å². The van der Waals surface area contributed by atoms with Gasteiger partial charge in [0.05, 0.1) is 5.56 Å². The van der Waals surface area contributed by atoms with Crippen molar-refractivity contribution in [1.29, 1.82) is 0 Å². The minimum atomic E-state index is -1.24. The third-order valence-electron chi connectivity index (χ3n) is 2.03. The average Bonchev–Trinajstić information content (AvgIpc) is 2.76. The normalized spacial score (nSPS) is 11.8. The van der Waals surface area contributed by atoms with E-state index in [2.05, 4.69) is 5.32 Å². The lowest BCUT2D eigenvalue weighted by Gasteiger charge is -2.12. The molecule has 0 bridgehead atoms. The topological polar surface area (TPSA) is 104 Å². The number of hydrogen-bond acceptors (Lipinski definition) is 4. The van der Waals surface area contributed by atoms with Crippen molar-refractivity contribution in [2.45, 2.75) is 18.9 Å². The van der Waals surface area contributed by atoms with E-state index < -0.39 is 23.9 Å². The quantitative estimate of drug-likeness (QED) is 0.699. The van der Waals surface area contributed by atoms with Crippen LogP contribution in [0.3, 0.4) is 0 Å². The lowest BCUT2D eigenvalue weighted by atomic mass is 10.1. The molecule has 1 atom stereocenters. The van der Waals surface area contributed by atoms with E-state index in [1.54, 1.807) is 16.8 Å². The molecule has 0 saturated heterocycles. The van der Waals surface area contributed by atoms with E-state index in [1.807, 2.05) is 0 Å². The summed E-state index contributed by atoms with van der Waals surface area (Å²) in [6, 6.07) is 0.384. The molecular weight excluding hydrogens is 246 g/mol. The van der Waals surface area contributed by atoms with E-state index >= 15 is 0 Å². The monoisotopic (exact) mass is 257 g/mol. The number of nitrogens with one attached hydrogen (secondary N) is 1. The minimum Gasteiger partial charge on any atom is -0.481 e. The van der Waals surface area contributed by atoms with Crippen LogP contribution in [0.25, 0.3) is 0 Å². The minimum absolute atomic E-state index is 0.138. The molecule has 1 aromatic rings. The Hall–Kier alpha value is -1.89. The summed E-state index contributed by atoms with van der Waals surface area (Å²) >= 11 is 1.32. The Kier molecular flexibility index (Phi) is 4.65. The van der Waals surface area contributed by atoms with Crippen molar-refractivity contribution >= 4 is 29.2 Å². The second kappa shape index (κ2) is 6.00. The third-order valence-corrected chi connectivity index (χ3v) is 2.72. The number of carbonyl (C=O) groups is 3. The summed E-state index contributed by atoms with van der Waals surface area (Å²) in [6.07, 6.45) is -0.443. The number of carboxylic acids is 2. The average molecular weight is 257 g/mol. The van der Waals surface area contributed by atoms with Crippen LogP contribution in [-0.2, 0) is 9.59 Å². The first kappa shape index (κ1) is 13.2. The molecule has 1 heterocycles. The fraction of sp³-hybridized carbons (Fsp3) is 0.300. The Bertz CT molecular complexity index is 414. The smallest absolute Gasteiger partial charge is 0.326 e. The van der Waals surface area contributed by atoms with E-state index in [9.17, 15) is 14.4 Å². The first-order valence-electron chi connectivity index (χ1n) is 4.78. The molecule has 0 radical (unpaired) electrons. The number of carboxylic acid groups (broad SMARTS) is 2.